The van der Waals surface area contributed by atoms with Crippen LogP contribution >= 0.6 is 15.9 Å². The first kappa shape index (κ1) is 13.8. The number of fused-ring (bicyclic) bond motifs is 1. The average Bonchev–Trinajstić information content (AvgIpc) is 2.65. The highest BCUT2D eigenvalue weighted by Crippen LogP contribution is 2.25. The standard InChI is InChI=1S/C10H13BrN4O4/c1-3-19-5(16)4-15-6-7(12-9(15)11)14(2)10(18)13-8(6)17/h6-7H,3-4H2,1-2H3,(H,13,17,18). The van der Waals surface area contributed by atoms with Gasteiger partial charge in [-0.05, 0) is 22.9 Å². The summed E-state index contributed by atoms with van der Waals surface area (Å²) in [5.41, 5.74) is 0. The number of aliphatic imine (C=N–C) groups is 1. The Kier molecular flexibility index (Phi) is 3.74. The van der Waals surface area contributed by atoms with E-state index < -0.39 is 30.1 Å². The van der Waals surface area contributed by atoms with Gasteiger partial charge in [0.05, 0.1) is 6.61 Å². The third kappa shape index (κ3) is 2.42. The summed E-state index contributed by atoms with van der Waals surface area (Å²) >= 11 is 3.20. The minimum Gasteiger partial charge on any atom is -0.465 e. The summed E-state index contributed by atoms with van der Waals surface area (Å²) in [4.78, 5) is 41.9. The van der Waals surface area contributed by atoms with Crippen LogP contribution in [-0.4, -0.2) is 64.9 Å². The predicted molar refractivity (Wildman–Crippen MR) is 68.6 cm³/mol. The van der Waals surface area contributed by atoms with E-state index in [1.165, 1.54) is 16.8 Å². The number of esters is 1. The normalized spacial score (nSPS) is 25.9. The number of carbonyl (C=O) groups is 3. The molecule has 2 aliphatic rings. The van der Waals surface area contributed by atoms with E-state index in [-0.39, 0.29) is 13.2 Å². The Morgan fingerprint density at radius 1 is 1.53 bits per heavy atom. The molecule has 8 nitrogen and oxygen atoms in total. The van der Waals surface area contributed by atoms with Crippen LogP contribution in [0.4, 0.5) is 4.79 Å². The molecule has 0 aromatic rings. The number of ether oxygens (including phenoxy) is 1. The number of halogens is 1. The van der Waals surface area contributed by atoms with Gasteiger partial charge in [0.1, 0.15) is 6.54 Å². The number of amides is 3. The maximum Gasteiger partial charge on any atom is 0.325 e. The van der Waals surface area contributed by atoms with Crippen LogP contribution in [0.1, 0.15) is 6.92 Å². The van der Waals surface area contributed by atoms with E-state index in [1.807, 2.05) is 0 Å². The van der Waals surface area contributed by atoms with E-state index in [0.29, 0.717) is 4.74 Å². The van der Waals surface area contributed by atoms with E-state index in [1.54, 1.807) is 6.92 Å². The van der Waals surface area contributed by atoms with Crippen molar-refractivity contribution in [3.63, 3.8) is 0 Å². The molecule has 1 N–H and O–H groups in total. The maximum absolute atomic E-state index is 11.9. The van der Waals surface area contributed by atoms with E-state index in [4.69, 9.17) is 4.74 Å². The van der Waals surface area contributed by atoms with Gasteiger partial charge < -0.3 is 14.5 Å². The zero-order chi connectivity index (χ0) is 14.2. The van der Waals surface area contributed by atoms with Crippen molar-refractivity contribution in [3.8, 4) is 0 Å². The average molecular weight is 333 g/mol. The lowest BCUT2D eigenvalue weighted by Crippen LogP contribution is -2.64. The number of imide groups is 1. The molecule has 2 unspecified atom stereocenters. The van der Waals surface area contributed by atoms with Gasteiger partial charge in [-0.1, -0.05) is 0 Å². The molecular formula is C10H13BrN4O4. The number of amidine groups is 1. The highest BCUT2D eigenvalue weighted by atomic mass is 79.9. The summed E-state index contributed by atoms with van der Waals surface area (Å²) < 4.78 is 5.20. The fourth-order valence-electron chi connectivity index (χ4n) is 2.00. The highest BCUT2D eigenvalue weighted by Gasteiger charge is 2.48. The summed E-state index contributed by atoms with van der Waals surface area (Å²) in [6.07, 6.45) is -0.634. The molecule has 0 bridgehead atoms. The molecule has 1 fully saturated rings. The molecular weight excluding hydrogens is 320 g/mol. The van der Waals surface area contributed by atoms with Crippen molar-refractivity contribution in [2.45, 2.75) is 19.1 Å². The molecule has 0 aromatic carbocycles. The Morgan fingerprint density at radius 3 is 2.84 bits per heavy atom. The van der Waals surface area contributed by atoms with Gasteiger partial charge in [-0.2, -0.15) is 0 Å². The molecule has 2 atom stereocenters. The Labute approximate surface area is 117 Å². The summed E-state index contributed by atoms with van der Waals surface area (Å²) in [5.74, 6) is -0.932. The zero-order valence-corrected chi connectivity index (χ0v) is 12.0. The van der Waals surface area contributed by atoms with E-state index >= 15 is 0 Å². The van der Waals surface area contributed by atoms with Crippen molar-refractivity contribution in [1.29, 1.82) is 0 Å². The van der Waals surface area contributed by atoms with Crippen LogP contribution in [0.3, 0.4) is 0 Å². The highest BCUT2D eigenvalue weighted by molar-refractivity contribution is 9.18. The van der Waals surface area contributed by atoms with Crippen molar-refractivity contribution in [2.24, 2.45) is 4.99 Å². The topological polar surface area (TPSA) is 91.3 Å². The van der Waals surface area contributed by atoms with Gasteiger partial charge >= 0.3 is 12.0 Å². The van der Waals surface area contributed by atoms with Crippen LogP contribution in [0.25, 0.3) is 0 Å². The number of carbonyl (C=O) groups excluding carboxylic acids is 3. The molecule has 3 amide bonds. The van der Waals surface area contributed by atoms with Gasteiger partial charge in [0, 0.05) is 7.05 Å². The SMILES string of the molecule is CCOC(=O)CN1C(Br)=NC2C1C(=O)NC(=O)N2C. The Hall–Kier alpha value is -1.64. The predicted octanol–water partition coefficient (Wildman–Crippen LogP) is -0.508. The number of likely N-dealkylation sites (N-methyl/N-ethyl adjacent to an activating group) is 1. The number of rotatable bonds is 3. The second-order valence-corrected chi connectivity index (χ2v) is 4.80. The second kappa shape index (κ2) is 5.16. The summed E-state index contributed by atoms with van der Waals surface area (Å²) in [6.45, 7) is 1.86. The maximum atomic E-state index is 11.9. The summed E-state index contributed by atoms with van der Waals surface area (Å²) in [7, 11) is 1.54. The van der Waals surface area contributed by atoms with Gasteiger partial charge in [-0.3, -0.25) is 14.9 Å². The summed E-state index contributed by atoms with van der Waals surface area (Å²) in [5, 5.41) is 2.22. The number of urea groups is 1. The lowest BCUT2D eigenvalue weighted by Gasteiger charge is -2.35. The number of hydrogen-bond acceptors (Lipinski definition) is 6. The first-order valence-corrected chi connectivity index (χ1v) is 6.48. The molecule has 0 aromatic heterocycles. The molecule has 2 rings (SSSR count). The fraction of sp³-hybridized carbons (Fsp3) is 0.600. The lowest BCUT2D eigenvalue weighted by molar-refractivity contribution is -0.144. The molecule has 104 valence electrons. The molecule has 1 saturated heterocycles. The van der Waals surface area contributed by atoms with Crippen LogP contribution in [0.2, 0.25) is 0 Å². The van der Waals surface area contributed by atoms with Crippen LogP contribution < -0.4 is 5.32 Å². The second-order valence-electron chi connectivity index (χ2n) is 4.09. The van der Waals surface area contributed by atoms with Crippen LogP contribution in [0.15, 0.2) is 4.99 Å². The monoisotopic (exact) mass is 332 g/mol. The smallest absolute Gasteiger partial charge is 0.325 e. The van der Waals surface area contributed by atoms with Gasteiger partial charge in [0.15, 0.2) is 17.0 Å². The van der Waals surface area contributed by atoms with Gasteiger partial charge in [-0.25, -0.2) is 9.79 Å². The van der Waals surface area contributed by atoms with Gasteiger partial charge in [0.25, 0.3) is 5.91 Å². The molecule has 0 aliphatic carbocycles. The lowest BCUT2D eigenvalue weighted by atomic mass is 10.1. The molecule has 0 spiro atoms. The van der Waals surface area contributed by atoms with Gasteiger partial charge in [-0.15, -0.1) is 0 Å². The van der Waals surface area contributed by atoms with Crippen LogP contribution in [0, 0.1) is 0 Å². The van der Waals surface area contributed by atoms with Crippen molar-refractivity contribution in [2.75, 3.05) is 20.2 Å². The Bertz CT molecular complexity index is 466. The molecule has 19 heavy (non-hydrogen) atoms. The molecule has 2 aliphatic heterocycles. The summed E-state index contributed by atoms with van der Waals surface area (Å²) in [6, 6.07) is -1.23. The van der Waals surface area contributed by atoms with Crippen LogP contribution in [-0.2, 0) is 14.3 Å². The molecule has 0 saturated carbocycles. The van der Waals surface area contributed by atoms with Gasteiger partial charge in [0.2, 0.25) is 0 Å². The van der Waals surface area contributed by atoms with Crippen molar-refractivity contribution in [3.05, 3.63) is 0 Å². The minimum atomic E-state index is -0.721. The minimum absolute atomic E-state index is 0.103. The first-order chi connectivity index (χ1) is 8.95. The van der Waals surface area contributed by atoms with Crippen molar-refractivity contribution < 1.29 is 19.1 Å². The molecule has 9 heteroatoms. The third-order valence-electron chi connectivity index (χ3n) is 2.91. The Morgan fingerprint density at radius 2 is 2.21 bits per heavy atom. The zero-order valence-electron chi connectivity index (χ0n) is 10.4. The number of nitrogens with zero attached hydrogens (tertiary/aromatic N) is 3. The first-order valence-electron chi connectivity index (χ1n) is 5.69. The van der Waals surface area contributed by atoms with E-state index in [0.717, 1.165) is 0 Å². The largest absolute Gasteiger partial charge is 0.465 e. The Balaban J connectivity index is 2.18. The molecule has 0 radical (unpaired) electrons. The van der Waals surface area contributed by atoms with Crippen molar-refractivity contribution >= 4 is 38.6 Å². The number of hydrogen-bond donors (Lipinski definition) is 1. The quantitative estimate of drug-likeness (QED) is 0.555. The van der Waals surface area contributed by atoms with E-state index in [2.05, 4.69) is 26.2 Å². The van der Waals surface area contributed by atoms with Crippen LogP contribution in [0.5, 0.6) is 0 Å². The third-order valence-corrected chi connectivity index (χ3v) is 3.57. The fourth-order valence-corrected chi connectivity index (χ4v) is 2.56. The molecule has 2 heterocycles. The van der Waals surface area contributed by atoms with Crippen molar-refractivity contribution in [1.82, 2.24) is 15.1 Å². The van der Waals surface area contributed by atoms with E-state index in [9.17, 15) is 14.4 Å². The number of nitrogens with one attached hydrogen (secondary N) is 1.